The Labute approximate surface area is 158 Å². The van der Waals surface area contributed by atoms with Crippen LogP contribution in [0.15, 0.2) is 24.4 Å². The summed E-state index contributed by atoms with van der Waals surface area (Å²) in [7, 11) is 0. The third kappa shape index (κ3) is 3.26. The molecule has 0 N–H and O–H groups in total. The van der Waals surface area contributed by atoms with Crippen molar-refractivity contribution in [1.82, 2.24) is 14.7 Å². The molecular weight excluding hydrogens is 350 g/mol. The maximum Gasteiger partial charge on any atom is 0.257 e. The van der Waals surface area contributed by atoms with Gasteiger partial charge in [0.05, 0.1) is 35.3 Å². The van der Waals surface area contributed by atoms with Crippen LogP contribution in [0, 0.1) is 6.92 Å². The van der Waals surface area contributed by atoms with Crippen molar-refractivity contribution in [2.45, 2.75) is 51.7 Å². The smallest absolute Gasteiger partial charge is 0.257 e. The van der Waals surface area contributed by atoms with Crippen LogP contribution >= 0.6 is 11.6 Å². The van der Waals surface area contributed by atoms with Crippen molar-refractivity contribution in [1.29, 1.82) is 0 Å². The molecule has 1 aromatic heterocycles. The van der Waals surface area contributed by atoms with Gasteiger partial charge in [-0.15, -0.1) is 0 Å². The van der Waals surface area contributed by atoms with Gasteiger partial charge in [-0.25, -0.2) is 4.68 Å². The quantitative estimate of drug-likeness (QED) is 0.818. The highest BCUT2D eigenvalue weighted by atomic mass is 35.5. The molecule has 5 nitrogen and oxygen atoms in total. The SMILES string of the molecule is Cc1ccc(-n2ncc(C(=O)N3C[C@@H](C)O[C@@H](C)C3)c2C2CC2)cc1Cl. The number of morpholine rings is 1. The first kappa shape index (κ1) is 17.6. The van der Waals surface area contributed by atoms with Crippen LogP contribution in [0.5, 0.6) is 0 Å². The van der Waals surface area contributed by atoms with E-state index in [0.29, 0.717) is 29.6 Å². The molecule has 6 heteroatoms. The molecule has 2 atom stereocenters. The summed E-state index contributed by atoms with van der Waals surface area (Å²) in [5, 5.41) is 5.26. The largest absolute Gasteiger partial charge is 0.372 e. The van der Waals surface area contributed by atoms with Gasteiger partial charge in [0.15, 0.2) is 0 Å². The second-order valence-electron chi connectivity index (χ2n) is 7.53. The van der Waals surface area contributed by atoms with Crippen molar-refractivity contribution in [3.8, 4) is 5.69 Å². The topological polar surface area (TPSA) is 47.4 Å². The molecule has 1 aliphatic carbocycles. The summed E-state index contributed by atoms with van der Waals surface area (Å²) < 4.78 is 7.65. The van der Waals surface area contributed by atoms with Gasteiger partial charge in [-0.05, 0) is 51.3 Å². The summed E-state index contributed by atoms with van der Waals surface area (Å²) in [6, 6.07) is 5.92. The Balaban J connectivity index is 1.70. The van der Waals surface area contributed by atoms with Gasteiger partial charge < -0.3 is 9.64 Å². The number of aromatic nitrogens is 2. The van der Waals surface area contributed by atoms with Gasteiger partial charge in [0.25, 0.3) is 5.91 Å². The molecule has 138 valence electrons. The number of amides is 1. The van der Waals surface area contributed by atoms with Crippen molar-refractivity contribution < 1.29 is 9.53 Å². The Morgan fingerprint density at radius 1 is 1.23 bits per heavy atom. The van der Waals surface area contributed by atoms with E-state index in [0.717, 1.165) is 29.8 Å². The van der Waals surface area contributed by atoms with Crippen LogP contribution in [-0.4, -0.2) is 45.9 Å². The molecule has 1 aromatic carbocycles. The molecule has 0 spiro atoms. The molecular formula is C20H24ClN3O2. The fourth-order valence-corrected chi connectivity index (χ4v) is 3.88. The highest BCUT2D eigenvalue weighted by Gasteiger charge is 2.35. The standard InChI is InChI=1S/C20H24ClN3O2/c1-12-4-7-16(8-18(12)21)24-19(15-5-6-15)17(9-22-24)20(25)23-10-13(2)26-14(3)11-23/h4,7-9,13-15H,5-6,10-11H2,1-3H3/t13-,14+. The van der Waals surface area contributed by atoms with E-state index in [1.54, 1.807) is 6.20 Å². The zero-order valence-corrected chi connectivity index (χ0v) is 16.2. The number of carbonyl (C=O) groups is 1. The van der Waals surface area contributed by atoms with Crippen molar-refractivity contribution >= 4 is 17.5 Å². The lowest BCUT2D eigenvalue weighted by molar-refractivity contribution is -0.0586. The zero-order chi connectivity index (χ0) is 18.4. The summed E-state index contributed by atoms with van der Waals surface area (Å²) in [6.45, 7) is 7.24. The van der Waals surface area contributed by atoms with Crippen LogP contribution < -0.4 is 0 Å². The maximum atomic E-state index is 13.2. The van der Waals surface area contributed by atoms with Gasteiger partial charge in [-0.2, -0.15) is 5.10 Å². The second kappa shape index (κ2) is 6.71. The predicted octanol–water partition coefficient (Wildman–Crippen LogP) is 3.96. The van der Waals surface area contributed by atoms with Crippen molar-refractivity contribution in [3.63, 3.8) is 0 Å². The van der Waals surface area contributed by atoms with Gasteiger partial charge in [-0.1, -0.05) is 17.7 Å². The fraction of sp³-hybridized carbons (Fsp3) is 0.500. The molecule has 1 amide bonds. The summed E-state index contributed by atoms with van der Waals surface area (Å²) in [6.07, 6.45) is 4.02. The molecule has 1 saturated carbocycles. The normalized spacial score (nSPS) is 23.3. The lowest BCUT2D eigenvalue weighted by Gasteiger charge is -2.35. The minimum Gasteiger partial charge on any atom is -0.372 e. The minimum atomic E-state index is 0.0537. The van der Waals surface area contributed by atoms with E-state index < -0.39 is 0 Å². The Morgan fingerprint density at radius 3 is 2.54 bits per heavy atom. The van der Waals surface area contributed by atoms with E-state index in [1.807, 2.05) is 48.6 Å². The molecule has 4 rings (SSSR count). The van der Waals surface area contributed by atoms with E-state index in [9.17, 15) is 4.79 Å². The Bertz CT molecular complexity index is 834. The zero-order valence-electron chi connectivity index (χ0n) is 15.4. The summed E-state index contributed by atoms with van der Waals surface area (Å²) in [4.78, 5) is 15.1. The van der Waals surface area contributed by atoms with E-state index >= 15 is 0 Å². The van der Waals surface area contributed by atoms with Crippen LogP contribution in [0.4, 0.5) is 0 Å². The second-order valence-corrected chi connectivity index (χ2v) is 7.94. The molecule has 0 radical (unpaired) electrons. The van der Waals surface area contributed by atoms with Gasteiger partial charge in [0.1, 0.15) is 0 Å². The van der Waals surface area contributed by atoms with Gasteiger partial charge >= 0.3 is 0 Å². The first-order valence-electron chi connectivity index (χ1n) is 9.23. The number of aryl methyl sites for hydroxylation is 1. The average Bonchev–Trinajstić information content (AvgIpc) is 3.34. The first-order valence-corrected chi connectivity index (χ1v) is 9.61. The van der Waals surface area contributed by atoms with Crippen LogP contribution in [0.25, 0.3) is 5.69 Å². The Hall–Kier alpha value is -1.85. The maximum absolute atomic E-state index is 13.2. The molecule has 2 fully saturated rings. The van der Waals surface area contributed by atoms with E-state index in [-0.39, 0.29) is 18.1 Å². The number of nitrogens with zero attached hydrogens (tertiary/aromatic N) is 3. The highest BCUT2D eigenvalue weighted by Crippen LogP contribution is 2.43. The molecule has 2 aliphatic rings. The van der Waals surface area contributed by atoms with E-state index in [1.165, 1.54) is 0 Å². The van der Waals surface area contributed by atoms with Gasteiger partial charge in [0, 0.05) is 24.0 Å². The number of carbonyl (C=O) groups excluding carboxylic acids is 1. The summed E-state index contributed by atoms with van der Waals surface area (Å²) in [5.41, 5.74) is 3.67. The highest BCUT2D eigenvalue weighted by molar-refractivity contribution is 6.31. The van der Waals surface area contributed by atoms with Gasteiger partial charge in [0.2, 0.25) is 0 Å². The summed E-state index contributed by atoms with van der Waals surface area (Å²) >= 11 is 6.30. The van der Waals surface area contributed by atoms with Crippen molar-refractivity contribution in [2.24, 2.45) is 0 Å². The molecule has 1 saturated heterocycles. The van der Waals surface area contributed by atoms with E-state index in [4.69, 9.17) is 16.3 Å². The first-order chi connectivity index (χ1) is 12.4. The number of rotatable bonds is 3. The van der Waals surface area contributed by atoms with Crippen LogP contribution in [0.2, 0.25) is 5.02 Å². The lowest BCUT2D eigenvalue weighted by atomic mass is 10.1. The van der Waals surface area contributed by atoms with Crippen LogP contribution in [0.1, 0.15) is 54.2 Å². The minimum absolute atomic E-state index is 0.0537. The lowest BCUT2D eigenvalue weighted by Crippen LogP contribution is -2.48. The third-order valence-electron chi connectivity index (χ3n) is 5.11. The summed E-state index contributed by atoms with van der Waals surface area (Å²) in [5.74, 6) is 0.450. The Morgan fingerprint density at radius 2 is 1.92 bits per heavy atom. The average molecular weight is 374 g/mol. The predicted molar refractivity (Wildman–Crippen MR) is 101 cm³/mol. The van der Waals surface area contributed by atoms with Crippen LogP contribution in [0.3, 0.4) is 0 Å². The van der Waals surface area contributed by atoms with E-state index in [2.05, 4.69) is 5.10 Å². The number of benzene rings is 1. The number of hydrogen-bond donors (Lipinski definition) is 0. The molecule has 2 heterocycles. The van der Waals surface area contributed by atoms with Crippen LogP contribution in [-0.2, 0) is 4.74 Å². The number of ether oxygens (including phenoxy) is 1. The molecule has 0 bridgehead atoms. The third-order valence-corrected chi connectivity index (χ3v) is 5.51. The van der Waals surface area contributed by atoms with Gasteiger partial charge in [-0.3, -0.25) is 4.79 Å². The number of halogens is 1. The number of hydrogen-bond acceptors (Lipinski definition) is 3. The monoisotopic (exact) mass is 373 g/mol. The molecule has 26 heavy (non-hydrogen) atoms. The Kier molecular flexibility index (Phi) is 4.53. The molecule has 0 unspecified atom stereocenters. The fourth-order valence-electron chi connectivity index (χ4n) is 3.71. The molecule has 2 aromatic rings. The molecule has 1 aliphatic heterocycles. The van der Waals surface area contributed by atoms with Crippen molar-refractivity contribution in [3.05, 3.63) is 46.2 Å². The van der Waals surface area contributed by atoms with Crippen molar-refractivity contribution in [2.75, 3.05) is 13.1 Å².